The first-order chi connectivity index (χ1) is 12.8. The summed E-state index contributed by atoms with van der Waals surface area (Å²) in [5, 5.41) is 9.41. The number of carboxylic acid groups (broad SMARTS) is 1. The van der Waals surface area contributed by atoms with Gasteiger partial charge in [-0.1, -0.05) is 18.2 Å². The zero-order chi connectivity index (χ0) is 19.7. The zero-order valence-electron chi connectivity index (χ0n) is 15.6. The molecule has 0 spiro atoms. The summed E-state index contributed by atoms with van der Waals surface area (Å²) in [4.78, 5) is 36.2. The van der Waals surface area contributed by atoms with Crippen molar-refractivity contribution in [2.45, 2.75) is 33.3 Å². The second kappa shape index (κ2) is 7.42. The van der Waals surface area contributed by atoms with Gasteiger partial charge in [-0.3, -0.25) is 25.2 Å². The molecule has 1 aromatic carbocycles. The molecule has 3 rings (SSSR count). The van der Waals surface area contributed by atoms with Crippen LogP contribution in [0.5, 0.6) is 5.75 Å². The van der Waals surface area contributed by atoms with Crippen LogP contribution in [-0.2, 0) is 14.4 Å². The average molecular weight is 372 g/mol. The van der Waals surface area contributed by atoms with Gasteiger partial charge in [0.1, 0.15) is 5.75 Å². The second-order valence-electron chi connectivity index (χ2n) is 7.40. The molecule has 2 amide bonds. The number of benzene rings is 1. The van der Waals surface area contributed by atoms with Crippen molar-refractivity contribution in [2.75, 3.05) is 0 Å². The number of rotatable bonds is 5. The summed E-state index contributed by atoms with van der Waals surface area (Å²) >= 11 is 0. The van der Waals surface area contributed by atoms with Crippen LogP contribution in [0.25, 0.3) is 0 Å². The summed E-state index contributed by atoms with van der Waals surface area (Å²) in [6, 6.07) is 5.66. The number of hydrazine groups is 1. The highest BCUT2D eigenvalue weighted by Crippen LogP contribution is 2.48. The molecule has 1 saturated carbocycles. The molecule has 2 aliphatic carbocycles. The van der Waals surface area contributed by atoms with E-state index in [0.717, 1.165) is 11.1 Å². The molecule has 7 nitrogen and oxygen atoms in total. The second-order valence-corrected chi connectivity index (χ2v) is 7.40. The predicted molar refractivity (Wildman–Crippen MR) is 97.6 cm³/mol. The first-order valence-corrected chi connectivity index (χ1v) is 9.02. The zero-order valence-corrected chi connectivity index (χ0v) is 15.6. The Balaban J connectivity index is 1.56. The Morgan fingerprint density at radius 1 is 1.04 bits per heavy atom. The Bertz CT molecular complexity index is 783. The van der Waals surface area contributed by atoms with Crippen molar-refractivity contribution < 1.29 is 24.2 Å². The van der Waals surface area contributed by atoms with E-state index in [-0.39, 0.29) is 11.8 Å². The normalized spacial score (nSPS) is 26.5. The van der Waals surface area contributed by atoms with E-state index in [4.69, 9.17) is 4.74 Å². The Morgan fingerprint density at radius 2 is 1.63 bits per heavy atom. The molecule has 0 heterocycles. The predicted octanol–water partition coefficient (Wildman–Crippen LogP) is 1.74. The number of nitrogens with one attached hydrogen (secondary N) is 2. The van der Waals surface area contributed by atoms with Gasteiger partial charge in [-0.25, -0.2) is 0 Å². The first-order valence-electron chi connectivity index (χ1n) is 9.02. The molecule has 2 bridgehead atoms. The number of carboxylic acids is 1. The number of hydrogen-bond acceptors (Lipinski definition) is 4. The number of aliphatic carboxylic acids is 1. The lowest BCUT2D eigenvalue weighted by atomic mass is 9.82. The fraction of sp³-hybridized carbons (Fsp3) is 0.450. The third kappa shape index (κ3) is 3.97. The van der Waals surface area contributed by atoms with Crippen molar-refractivity contribution in [1.29, 1.82) is 0 Å². The maximum absolute atomic E-state index is 12.5. The van der Waals surface area contributed by atoms with Gasteiger partial charge in [0.05, 0.1) is 11.8 Å². The lowest BCUT2D eigenvalue weighted by molar-refractivity contribution is -0.148. The SMILES string of the molecule is Cc1cc(C)cc(O[C@@H](C)C(=O)NNC(=O)[C@@H]2[C@@H](C(=O)O)[C@H]3C=C[C@@H]2C3)c1. The number of allylic oxidation sites excluding steroid dienone is 2. The third-order valence-corrected chi connectivity index (χ3v) is 5.23. The van der Waals surface area contributed by atoms with Crippen LogP contribution < -0.4 is 15.6 Å². The van der Waals surface area contributed by atoms with Crippen molar-refractivity contribution in [3.8, 4) is 5.75 Å². The van der Waals surface area contributed by atoms with Crippen LogP contribution in [0, 0.1) is 37.5 Å². The largest absolute Gasteiger partial charge is 0.481 e. The molecule has 1 aromatic rings. The minimum Gasteiger partial charge on any atom is -0.481 e. The van der Waals surface area contributed by atoms with Crippen molar-refractivity contribution >= 4 is 17.8 Å². The van der Waals surface area contributed by atoms with E-state index in [1.807, 2.05) is 44.2 Å². The van der Waals surface area contributed by atoms with Gasteiger partial charge in [0, 0.05) is 0 Å². The van der Waals surface area contributed by atoms with E-state index >= 15 is 0 Å². The first kappa shape index (κ1) is 18.9. The highest BCUT2D eigenvalue weighted by atomic mass is 16.5. The Hall–Kier alpha value is -2.83. The summed E-state index contributed by atoms with van der Waals surface area (Å²) in [6.45, 7) is 5.46. The quantitative estimate of drug-likeness (QED) is 0.539. The van der Waals surface area contributed by atoms with Crippen LogP contribution in [0.15, 0.2) is 30.4 Å². The summed E-state index contributed by atoms with van der Waals surface area (Å²) in [6.07, 6.45) is 3.60. The molecular weight excluding hydrogens is 348 g/mol. The van der Waals surface area contributed by atoms with Gasteiger partial charge in [0.25, 0.3) is 5.91 Å². The molecule has 5 atom stereocenters. The molecule has 7 heteroatoms. The number of carbonyl (C=O) groups excluding carboxylic acids is 2. The molecule has 0 radical (unpaired) electrons. The maximum Gasteiger partial charge on any atom is 0.307 e. The minimum atomic E-state index is -0.982. The van der Waals surface area contributed by atoms with Crippen LogP contribution in [0.2, 0.25) is 0 Å². The highest BCUT2D eigenvalue weighted by Gasteiger charge is 2.51. The lowest BCUT2D eigenvalue weighted by Gasteiger charge is -2.24. The number of carbonyl (C=O) groups is 3. The summed E-state index contributed by atoms with van der Waals surface area (Å²) < 4.78 is 5.64. The monoisotopic (exact) mass is 372 g/mol. The number of ether oxygens (including phenoxy) is 1. The Morgan fingerprint density at radius 3 is 2.22 bits per heavy atom. The highest BCUT2D eigenvalue weighted by molar-refractivity contribution is 5.89. The van der Waals surface area contributed by atoms with E-state index < -0.39 is 35.7 Å². The summed E-state index contributed by atoms with van der Waals surface area (Å²) in [7, 11) is 0. The van der Waals surface area contributed by atoms with Crippen LogP contribution >= 0.6 is 0 Å². The minimum absolute atomic E-state index is 0.100. The molecule has 0 aliphatic heterocycles. The topological polar surface area (TPSA) is 105 Å². The molecule has 3 N–H and O–H groups in total. The van der Waals surface area contributed by atoms with E-state index in [9.17, 15) is 19.5 Å². The summed E-state index contributed by atoms with van der Waals surface area (Å²) in [5.41, 5.74) is 6.76. The van der Waals surface area contributed by atoms with Gasteiger partial charge in [-0.05, 0) is 62.3 Å². The van der Waals surface area contributed by atoms with Gasteiger partial charge >= 0.3 is 5.97 Å². The standard InChI is InChI=1S/C20H24N2O5/c1-10-6-11(2)8-15(7-10)27-12(3)18(23)21-22-19(24)16-13-4-5-14(9-13)17(16)20(25)26/h4-8,12-14,16-17H,9H2,1-3H3,(H,21,23)(H,22,24)(H,25,26)/t12-,13+,14-,16-,17-/m0/s1. The number of hydrogen-bond donors (Lipinski definition) is 3. The average Bonchev–Trinajstić information content (AvgIpc) is 3.19. The van der Waals surface area contributed by atoms with E-state index in [2.05, 4.69) is 10.9 Å². The number of amides is 2. The van der Waals surface area contributed by atoms with Crippen molar-refractivity contribution in [1.82, 2.24) is 10.9 Å². The number of aryl methyl sites for hydroxylation is 2. The number of fused-ring (bicyclic) bond motifs is 2. The van der Waals surface area contributed by atoms with Gasteiger partial charge in [-0.15, -0.1) is 0 Å². The molecule has 0 aromatic heterocycles. The summed E-state index contributed by atoms with van der Waals surface area (Å²) in [5.74, 6) is -3.04. The fourth-order valence-corrected chi connectivity index (χ4v) is 4.08. The Kier molecular flexibility index (Phi) is 5.21. The van der Waals surface area contributed by atoms with Crippen LogP contribution in [-0.4, -0.2) is 29.0 Å². The van der Waals surface area contributed by atoms with Crippen LogP contribution in [0.4, 0.5) is 0 Å². The maximum atomic E-state index is 12.5. The Labute approximate surface area is 157 Å². The van der Waals surface area contributed by atoms with Crippen molar-refractivity contribution in [3.63, 3.8) is 0 Å². The van der Waals surface area contributed by atoms with Crippen molar-refractivity contribution in [3.05, 3.63) is 41.5 Å². The van der Waals surface area contributed by atoms with Crippen LogP contribution in [0.3, 0.4) is 0 Å². The van der Waals surface area contributed by atoms with E-state index in [1.165, 1.54) is 0 Å². The molecule has 27 heavy (non-hydrogen) atoms. The van der Waals surface area contributed by atoms with Crippen LogP contribution in [0.1, 0.15) is 24.5 Å². The molecule has 0 unspecified atom stereocenters. The van der Waals surface area contributed by atoms with Gasteiger partial charge in [0.2, 0.25) is 5.91 Å². The van der Waals surface area contributed by atoms with E-state index in [0.29, 0.717) is 12.2 Å². The van der Waals surface area contributed by atoms with Gasteiger partial charge in [0.15, 0.2) is 6.10 Å². The molecule has 144 valence electrons. The molecule has 1 fully saturated rings. The fourth-order valence-electron chi connectivity index (χ4n) is 4.08. The van der Waals surface area contributed by atoms with Gasteiger partial charge < -0.3 is 9.84 Å². The molecule has 2 aliphatic rings. The smallest absolute Gasteiger partial charge is 0.307 e. The molecular formula is C20H24N2O5. The van der Waals surface area contributed by atoms with Gasteiger partial charge in [-0.2, -0.15) is 0 Å². The lowest BCUT2D eigenvalue weighted by Crippen LogP contribution is -2.51. The third-order valence-electron chi connectivity index (χ3n) is 5.23. The van der Waals surface area contributed by atoms with Crippen molar-refractivity contribution in [2.24, 2.45) is 23.7 Å². The van der Waals surface area contributed by atoms with E-state index in [1.54, 1.807) is 6.92 Å². The molecule has 0 saturated heterocycles.